The van der Waals surface area contributed by atoms with Gasteiger partial charge in [0.2, 0.25) is 0 Å². The molecule has 6 nitrogen and oxygen atoms in total. The molecule has 176 valence electrons. The number of hydrogen-bond donors (Lipinski definition) is 0. The summed E-state index contributed by atoms with van der Waals surface area (Å²) in [5.41, 5.74) is 0.716. The second-order valence-electron chi connectivity index (χ2n) is 9.55. The molecular formula is C27H35N3O3. The number of carbonyl (C=O) groups excluding carboxylic acids is 1. The quantitative estimate of drug-likeness (QED) is 0.449. The Morgan fingerprint density at radius 3 is 2.52 bits per heavy atom. The van der Waals surface area contributed by atoms with Crippen LogP contribution >= 0.6 is 0 Å². The van der Waals surface area contributed by atoms with Gasteiger partial charge in [-0.05, 0) is 68.4 Å². The monoisotopic (exact) mass is 449 g/mol. The van der Waals surface area contributed by atoms with Crippen molar-refractivity contribution in [3.05, 3.63) is 60.7 Å². The standard InChI is InChI=1S/C27H35N3O3/c1-20(29(2)3)25(30-15-14-28-19-30)23-9-8-22-17-24(11-10-21(22)16-23)33-18-27(26(31)32-4)12-6-5-7-13-27/h8-11,14-17,19-20,25H,5-7,12-13,18H2,1-4H3. The number of methoxy groups -OCH3 is 1. The number of nitrogens with zero attached hydrogens (tertiary/aromatic N) is 3. The van der Waals surface area contributed by atoms with Crippen LogP contribution in [0.4, 0.5) is 0 Å². The molecule has 0 spiro atoms. The third-order valence-electron chi connectivity index (χ3n) is 7.24. The second kappa shape index (κ2) is 9.96. The Hall–Kier alpha value is -2.86. The summed E-state index contributed by atoms with van der Waals surface area (Å²) >= 11 is 0. The Labute approximate surface area is 196 Å². The van der Waals surface area contributed by atoms with Gasteiger partial charge in [-0.25, -0.2) is 4.98 Å². The van der Waals surface area contributed by atoms with Gasteiger partial charge in [0.25, 0.3) is 0 Å². The minimum atomic E-state index is -0.522. The highest BCUT2D eigenvalue weighted by Crippen LogP contribution is 2.38. The van der Waals surface area contributed by atoms with Crippen LogP contribution in [0.1, 0.15) is 50.6 Å². The van der Waals surface area contributed by atoms with E-state index in [1.165, 1.54) is 19.1 Å². The Morgan fingerprint density at radius 1 is 1.12 bits per heavy atom. The predicted molar refractivity (Wildman–Crippen MR) is 130 cm³/mol. The second-order valence-corrected chi connectivity index (χ2v) is 9.55. The number of aromatic nitrogens is 2. The largest absolute Gasteiger partial charge is 0.492 e. The van der Waals surface area contributed by atoms with Crippen LogP contribution in [0.3, 0.4) is 0 Å². The zero-order valence-electron chi connectivity index (χ0n) is 20.2. The minimum Gasteiger partial charge on any atom is -0.492 e. The normalized spacial score (nSPS) is 17.6. The van der Waals surface area contributed by atoms with Crippen LogP contribution in [0.5, 0.6) is 5.75 Å². The Morgan fingerprint density at radius 2 is 1.85 bits per heavy atom. The molecule has 1 saturated carbocycles. The lowest BCUT2D eigenvalue weighted by atomic mass is 9.74. The van der Waals surface area contributed by atoms with Gasteiger partial charge in [0, 0.05) is 18.4 Å². The molecule has 0 bridgehead atoms. The SMILES string of the molecule is COC(=O)C1(COc2ccc3cc(C(C(C)N(C)C)n4ccnc4)ccc3c2)CCCCC1. The van der Waals surface area contributed by atoms with Crippen molar-refractivity contribution in [3.8, 4) is 5.75 Å². The summed E-state index contributed by atoms with van der Waals surface area (Å²) < 4.78 is 13.5. The fourth-order valence-electron chi connectivity index (χ4n) is 5.01. The van der Waals surface area contributed by atoms with Gasteiger partial charge in [-0.1, -0.05) is 37.5 Å². The molecule has 1 aliphatic rings. The highest BCUT2D eigenvalue weighted by Gasteiger charge is 2.41. The van der Waals surface area contributed by atoms with Crippen LogP contribution in [0, 0.1) is 5.41 Å². The Balaban J connectivity index is 1.57. The van der Waals surface area contributed by atoms with E-state index in [-0.39, 0.29) is 12.0 Å². The topological polar surface area (TPSA) is 56.6 Å². The summed E-state index contributed by atoms with van der Waals surface area (Å²) in [6, 6.07) is 13.2. The third kappa shape index (κ3) is 4.91. The molecule has 0 saturated heterocycles. The van der Waals surface area contributed by atoms with Crippen molar-refractivity contribution < 1.29 is 14.3 Å². The van der Waals surface area contributed by atoms with Crippen molar-refractivity contribution in [3.63, 3.8) is 0 Å². The molecule has 2 unspecified atom stereocenters. The first-order valence-corrected chi connectivity index (χ1v) is 11.8. The highest BCUT2D eigenvalue weighted by atomic mass is 16.5. The van der Waals surface area contributed by atoms with Crippen LogP contribution in [0.2, 0.25) is 0 Å². The zero-order valence-corrected chi connectivity index (χ0v) is 20.2. The van der Waals surface area contributed by atoms with Gasteiger partial charge in [0.15, 0.2) is 0 Å². The number of rotatable bonds is 8. The van der Waals surface area contributed by atoms with Gasteiger partial charge in [0.1, 0.15) is 17.8 Å². The van der Waals surface area contributed by atoms with E-state index in [2.05, 4.69) is 65.8 Å². The van der Waals surface area contributed by atoms with Crippen molar-refractivity contribution in [2.75, 3.05) is 27.8 Å². The van der Waals surface area contributed by atoms with E-state index in [0.29, 0.717) is 12.6 Å². The molecule has 3 aromatic rings. The molecule has 0 radical (unpaired) electrons. The van der Waals surface area contributed by atoms with Gasteiger partial charge in [-0.3, -0.25) is 4.79 Å². The number of ether oxygens (including phenoxy) is 2. The highest BCUT2D eigenvalue weighted by molar-refractivity contribution is 5.84. The molecule has 2 aromatic carbocycles. The van der Waals surface area contributed by atoms with Gasteiger partial charge < -0.3 is 18.9 Å². The van der Waals surface area contributed by atoms with Crippen LogP contribution in [0.15, 0.2) is 55.1 Å². The molecular weight excluding hydrogens is 414 g/mol. The lowest BCUT2D eigenvalue weighted by molar-refractivity contribution is -0.157. The minimum absolute atomic E-state index is 0.145. The van der Waals surface area contributed by atoms with Crippen molar-refractivity contribution in [2.45, 2.75) is 51.1 Å². The Bertz CT molecular complexity index is 1070. The number of esters is 1. The molecule has 0 N–H and O–H groups in total. The summed E-state index contributed by atoms with van der Waals surface area (Å²) in [5.74, 6) is 0.644. The molecule has 1 aliphatic carbocycles. The molecule has 0 aliphatic heterocycles. The summed E-state index contributed by atoms with van der Waals surface area (Å²) in [4.78, 5) is 19.0. The van der Waals surface area contributed by atoms with Crippen molar-refractivity contribution in [1.82, 2.24) is 14.5 Å². The average molecular weight is 450 g/mol. The lowest BCUT2D eigenvalue weighted by Crippen LogP contribution is -2.39. The van der Waals surface area contributed by atoms with Crippen molar-refractivity contribution in [2.24, 2.45) is 5.41 Å². The van der Waals surface area contributed by atoms with Crippen LogP contribution in [-0.2, 0) is 9.53 Å². The molecule has 1 fully saturated rings. The van der Waals surface area contributed by atoms with E-state index < -0.39 is 5.41 Å². The van der Waals surface area contributed by atoms with E-state index >= 15 is 0 Å². The van der Waals surface area contributed by atoms with E-state index in [9.17, 15) is 4.79 Å². The number of likely N-dealkylation sites (N-methyl/N-ethyl adjacent to an activating group) is 1. The average Bonchev–Trinajstić information content (AvgIpc) is 3.37. The van der Waals surface area contributed by atoms with Gasteiger partial charge in [-0.2, -0.15) is 0 Å². The fourth-order valence-corrected chi connectivity index (χ4v) is 5.01. The first-order chi connectivity index (χ1) is 15.9. The Kier molecular flexibility index (Phi) is 7.03. The maximum atomic E-state index is 12.5. The zero-order chi connectivity index (χ0) is 23.4. The van der Waals surface area contributed by atoms with Gasteiger partial charge >= 0.3 is 5.97 Å². The molecule has 6 heteroatoms. The molecule has 33 heavy (non-hydrogen) atoms. The van der Waals surface area contributed by atoms with Crippen molar-refractivity contribution in [1.29, 1.82) is 0 Å². The van der Waals surface area contributed by atoms with E-state index in [0.717, 1.165) is 42.2 Å². The number of benzene rings is 2. The molecule has 4 rings (SSSR count). The third-order valence-corrected chi connectivity index (χ3v) is 7.24. The van der Waals surface area contributed by atoms with E-state index in [1.807, 2.05) is 24.8 Å². The van der Waals surface area contributed by atoms with Gasteiger partial charge in [-0.15, -0.1) is 0 Å². The molecule has 1 heterocycles. The number of hydrogen-bond acceptors (Lipinski definition) is 5. The number of fused-ring (bicyclic) bond motifs is 1. The van der Waals surface area contributed by atoms with Crippen LogP contribution in [0.25, 0.3) is 10.8 Å². The smallest absolute Gasteiger partial charge is 0.315 e. The van der Waals surface area contributed by atoms with Gasteiger partial charge in [0.05, 0.1) is 19.5 Å². The van der Waals surface area contributed by atoms with Crippen molar-refractivity contribution >= 4 is 16.7 Å². The van der Waals surface area contributed by atoms with E-state index in [1.54, 1.807) is 0 Å². The maximum absolute atomic E-state index is 12.5. The number of imidazole rings is 1. The predicted octanol–water partition coefficient (Wildman–Crippen LogP) is 5.08. The number of carbonyl (C=O) groups is 1. The summed E-state index contributed by atoms with van der Waals surface area (Å²) in [6.07, 6.45) is 10.6. The molecule has 1 aromatic heterocycles. The summed E-state index contributed by atoms with van der Waals surface area (Å²) in [7, 11) is 5.68. The summed E-state index contributed by atoms with van der Waals surface area (Å²) in [5, 5.41) is 2.28. The molecule has 2 atom stereocenters. The van der Waals surface area contributed by atoms with Crippen LogP contribution < -0.4 is 4.74 Å². The first-order valence-electron chi connectivity index (χ1n) is 11.8. The summed E-state index contributed by atoms with van der Waals surface area (Å²) in [6.45, 7) is 2.60. The maximum Gasteiger partial charge on any atom is 0.315 e. The fraction of sp³-hybridized carbons (Fsp3) is 0.481. The van der Waals surface area contributed by atoms with Crippen LogP contribution in [-0.4, -0.2) is 54.3 Å². The lowest BCUT2D eigenvalue weighted by Gasteiger charge is -2.34. The molecule has 0 amide bonds. The first kappa shape index (κ1) is 23.3. The van der Waals surface area contributed by atoms with E-state index in [4.69, 9.17) is 9.47 Å².